The van der Waals surface area contributed by atoms with Gasteiger partial charge in [-0.1, -0.05) is 299 Å². The molecule has 1 atom stereocenters. The van der Waals surface area contributed by atoms with Crippen molar-refractivity contribution in [3.63, 3.8) is 0 Å². The number of hydrogen-bond donors (Lipinski definition) is 0. The number of esters is 3. The lowest BCUT2D eigenvalue weighted by Gasteiger charge is -2.18. The van der Waals surface area contributed by atoms with E-state index in [1.165, 1.54) is 212 Å². The molecule has 0 amide bonds. The Kier molecular flexibility index (Phi) is 64.7. The number of carbonyl (C=O) groups is 3. The van der Waals surface area contributed by atoms with E-state index in [0.29, 0.717) is 19.3 Å². The summed E-state index contributed by atoms with van der Waals surface area (Å²) in [5, 5.41) is 0. The summed E-state index contributed by atoms with van der Waals surface area (Å²) in [7, 11) is 0. The minimum atomic E-state index is -0.787. The average molecular weight is 1100 g/mol. The largest absolute Gasteiger partial charge is 0.462 e. The number of hydrogen-bond acceptors (Lipinski definition) is 6. The van der Waals surface area contributed by atoms with Gasteiger partial charge in [0.15, 0.2) is 6.10 Å². The highest BCUT2D eigenvalue weighted by molar-refractivity contribution is 5.71. The van der Waals surface area contributed by atoms with Crippen LogP contribution in [0.2, 0.25) is 0 Å². The van der Waals surface area contributed by atoms with E-state index >= 15 is 0 Å². The first-order valence-corrected chi connectivity index (χ1v) is 34.4. The second-order valence-corrected chi connectivity index (χ2v) is 23.1. The van der Waals surface area contributed by atoms with E-state index in [2.05, 4.69) is 93.7 Å². The second kappa shape index (κ2) is 67.4. The molecule has 0 fully saturated rings. The Morgan fingerprint density at radius 1 is 0.266 bits per heavy atom. The molecule has 0 aromatic carbocycles. The molecule has 0 aromatic rings. The molecule has 0 N–H and O–H groups in total. The summed E-state index contributed by atoms with van der Waals surface area (Å²) in [5.74, 6) is -0.886. The van der Waals surface area contributed by atoms with Gasteiger partial charge in [-0.15, -0.1) is 0 Å². The van der Waals surface area contributed by atoms with Crippen molar-refractivity contribution in [1.29, 1.82) is 0 Å². The summed E-state index contributed by atoms with van der Waals surface area (Å²) in [5.41, 5.74) is 0. The van der Waals surface area contributed by atoms with E-state index in [4.69, 9.17) is 14.2 Å². The summed E-state index contributed by atoms with van der Waals surface area (Å²) >= 11 is 0. The van der Waals surface area contributed by atoms with E-state index in [1.54, 1.807) is 0 Å². The summed E-state index contributed by atoms with van der Waals surface area (Å²) in [6.07, 6.45) is 87.8. The number of allylic oxidation sites excluding steroid dienone is 12. The number of ether oxygens (including phenoxy) is 3. The molecular formula is C73H130O6. The summed E-state index contributed by atoms with van der Waals surface area (Å²) < 4.78 is 17.0. The molecular weight excluding hydrogens is 973 g/mol. The summed E-state index contributed by atoms with van der Waals surface area (Å²) in [4.78, 5) is 38.4. The van der Waals surface area contributed by atoms with Crippen LogP contribution in [-0.4, -0.2) is 37.2 Å². The highest BCUT2D eigenvalue weighted by Crippen LogP contribution is 2.17. The second-order valence-electron chi connectivity index (χ2n) is 23.1. The van der Waals surface area contributed by atoms with E-state index in [0.717, 1.165) is 103 Å². The van der Waals surface area contributed by atoms with Crippen LogP contribution >= 0.6 is 0 Å². The van der Waals surface area contributed by atoms with Crippen molar-refractivity contribution in [1.82, 2.24) is 0 Å². The molecule has 6 heteroatoms. The highest BCUT2D eigenvalue weighted by atomic mass is 16.6. The molecule has 458 valence electrons. The van der Waals surface area contributed by atoms with Crippen LogP contribution in [0.4, 0.5) is 0 Å². The molecule has 0 spiro atoms. The molecule has 1 unspecified atom stereocenters. The van der Waals surface area contributed by atoms with Crippen LogP contribution in [0, 0.1) is 0 Å². The minimum absolute atomic E-state index is 0.0815. The Balaban J connectivity index is 4.29. The van der Waals surface area contributed by atoms with Gasteiger partial charge < -0.3 is 14.2 Å². The van der Waals surface area contributed by atoms with Gasteiger partial charge in [-0.2, -0.15) is 0 Å². The molecule has 0 aliphatic rings. The quantitative estimate of drug-likeness (QED) is 0.0261. The van der Waals surface area contributed by atoms with Crippen LogP contribution in [0.15, 0.2) is 72.9 Å². The van der Waals surface area contributed by atoms with Crippen molar-refractivity contribution < 1.29 is 28.6 Å². The zero-order valence-corrected chi connectivity index (χ0v) is 52.6. The lowest BCUT2D eigenvalue weighted by Crippen LogP contribution is -2.30. The van der Waals surface area contributed by atoms with Gasteiger partial charge >= 0.3 is 17.9 Å². The molecule has 0 aromatic heterocycles. The molecule has 79 heavy (non-hydrogen) atoms. The summed E-state index contributed by atoms with van der Waals surface area (Å²) in [6.45, 7) is 6.55. The van der Waals surface area contributed by atoms with Crippen LogP contribution in [0.3, 0.4) is 0 Å². The van der Waals surface area contributed by atoms with Crippen LogP contribution < -0.4 is 0 Å². The Hall–Kier alpha value is -3.15. The maximum absolute atomic E-state index is 12.9. The number of rotatable bonds is 63. The standard InChI is InChI=1S/C73H130O6/c1-4-7-10-13-16-19-22-25-28-30-32-33-34-35-36-37-38-39-41-42-45-48-51-54-57-60-63-66-72(75)78-69-70(68-77-71(74)65-62-59-56-53-50-47-44-27-24-21-18-15-12-9-6-3)79-73(76)67-64-61-58-55-52-49-46-43-40-31-29-26-23-20-17-14-11-8-5-2/h8,11,17,20,26-27,29-30,32,40,43-44,70H,4-7,9-10,12-16,18-19,21-25,28,31,33-39,41-42,45-69H2,1-3H3/b11-8-,20-17-,29-26-,32-30-,43-40-,44-27-. The highest BCUT2D eigenvalue weighted by Gasteiger charge is 2.19. The lowest BCUT2D eigenvalue weighted by atomic mass is 10.0. The maximum Gasteiger partial charge on any atom is 0.306 e. The van der Waals surface area contributed by atoms with Gasteiger partial charge in [-0.05, 0) is 109 Å². The minimum Gasteiger partial charge on any atom is -0.462 e. The summed E-state index contributed by atoms with van der Waals surface area (Å²) in [6, 6.07) is 0. The average Bonchev–Trinajstić information content (AvgIpc) is 3.45. The van der Waals surface area contributed by atoms with Gasteiger partial charge in [-0.3, -0.25) is 14.4 Å². The van der Waals surface area contributed by atoms with E-state index in [1.807, 2.05) is 0 Å². The smallest absolute Gasteiger partial charge is 0.306 e. The van der Waals surface area contributed by atoms with Crippen molar-refractivity contribution in [3.05, 3.63) is 72.9 Å². The third-order valence-corrected chi connectivity index (χ3v) is 15.2. The molecule has 0 aliphatic carbocycles. The first-order chi connectivity index (χ1) is 39.0. The van der Waals surface area contributed by atoms with Crippen molar-refractivity contribution in [3.8, 4) is 0 Å². The van der Waals surface area contributed by atoms with Gasteiger partial charge in [0.25, 0.3) is 0 Å². The van der Waals surface area contributed by atoms with Crippen LogP contribution in [0.5, 0.6) is 0 Å². The van der Waals surface area contributed by atoms with Gasteiger partial charge in [0.05, 0.1) is 0 Å². The molecule has 0 aliphatic heterocycles. The zero-order chi connectivity index (χ0) is 57.1. The van der Waals surface area contributed by atoms with Crippen molar-refractivity contribution in [2.24, 2.45) is 0 Å². The molecule has 0 saturated heterocycles. The number of carbonyl (C=O) groups excluding carboxylic acids is 3. The molecule has 0 bridgehead atoms. The maximum atomic E-state index is 12.9. The van der Waals surface area contributed by atoms with Gasteiger partial charge in [0.1, 0.15) is 13.2 Å². The first kappa shape index (κ1) is 75.8. The SMILES string of the molecule is CC/C=C\C/C=C\C/C=C\C/C=C\CCCCCCCCC(=O)OC(COC(=O)CCCCCCC/C=C\CCCCCCCC)COC(=O)CCCCCCCCCCCCCCCCC/C=C\CCCCCCCCCC. The third-order valence-electron chi connectivity index (χ3n) is 15.2. The van der Waals surface area contributed by atoms with Crippen LogP contribution in [0.25, 0.3) is 0 Å². The third kappa shape index (κ3) is 65.5. The van der Waals surface area contributed by atoms with E-state index in [-0.39, 0.29) is 31.1 Å². The molecule has 0 rings (SSSR count). The molecule has 0 heterocycles. The normalized spacial score (nSPS) is 12.5. The fourth-order valence-corrected chi connectivity index (χ4v) is 10.0. The number of unbranched alkanes of at least 4 members (excludes halogenated alkanes) is 40. The fourth-order valence-electron chi connectivity index (χ4n) is 10.0. The Morgan fingerprint density at radius 3 is 0.785 bits per heavy atom. The predicted molar refractivity (Wildman–Crippen MR) is 344 cm³/mol. The van der Waals surface area contributed by atoms with Crippen molar-refractivity contribution in [2.45, 2.75) is 361 Å². The van der Waals surface area contributed by atoms with Gasteiger partial charge in [-0.25, -0.2) is 0 Å². The van der Waals surface area contributed by atoms with Gasteiger partial charge in [0, 0.05) is 19.3 Å². The Bertz CT molecular complexity index is 1450. The monoisotopic (exact) mass is 1100 g/mol. The van der Waals surface area contributed by atoms with Gasteiger partial charge in [0.2, 0.25) is 0 Å². The zero-order valence-electron chi connectivity index (χ0n) is 52.6. The Labute approximate surface area is 491 Å². The van der Waals surface area contributed by atoms with Crippen LogP contribution in [-0.2, 0) is 28.6 Å². The van der Waals surface area contributed by atoms with Crippen LogP contribution in [0.1, 0.15) is 355 Å². The molecule has 0 saturated carbocycles. The predicted octanol–water partition coefficient (Wildman–Crippen LogP) is 23.7. The van der Waals surface area contributed by atoms with E-state index < -0.39 is 6.10 Å². The van der Waals surface area contributed by atoms with Crippen molar-refractivity contribution >= 4 is 17.9 Å². The van der Waals surface area contributed by atoms with Crippen molar-refractivity contribution in [2.75, 3.05) is 13.2 Å². The van der Waals surface area contributed by atoms with E-state index in [9.17, 15) is 14.4 Å². The molecule has 0 radical (unpaired) electrons. The fraction of sp³-hybridized carbons (Fsp3) is 0.795. The topological polar surface area (TPSA) is 78.9 Å². The molecule has 6 nitrogen and oxygen atoms in total. The lowest BCUT2D eigenvalue weighted by molar-refractivity contribution is -0.167. The first-order valence-electron chi connectivity index (χ1n) is 34.4. The Morgan fingerprint density at radius 2 is 0.494 bits per heavy atom.